The summed E-state index contributed by atoms with van der Waals surface area (Å²) in [7, 11) is 0. The molecule has 0 aliphatic heterocycles. The normalized spacial score (nSPS) is 10.5. The molecular weight excluding hydrogens is 178 g/mol. The second-order valence-electron chi connectivity index (χ2n) is 2.79. The Morgan fingerprint density at radius 3 is 3.08 bits per heavy atom. The zero-order valence-electron chi connectivity index (χ0n) is 7.53. The molecular formula is C11H11NS. The maximum Gasteiger partial charge on any atom is 0.0357 e. The summed E-state index contributed by atoms with van der Waals surface area (Å²) in [6, 6.07) is 8.42. The van der Waals surface area contributed by atoms with Crippen molar-refractivity contribution < 1.29 is 0 Å². The van der Waals surface area contributed by atoms with Crippen LogP contribution in [-0.4, -0.2) is 10.7 Å². The molecule has 0 spiro atoms. The summed E-state index contributed by atoms with van der Waals surface area (Å²) < 4.78 is 0. The Balaban J connectivity index is 2.61. The van der Waals surface area contributed by atoms with Gasteiger partial charge in [-0.3, -0.25) is 4.98 Å². The molecule has 2 aromatic rings. The van der Waals surface area contributed by atoms with Gasteiger partial charge in [-0.2, -0.15) is 0 Å². The Morgan fingerprint density at radius 1 is 1.31 bits per heavy atom. The van der Waals surface area contributed by atoms with Crippen LogP contribution < -0.4 is 0 Å². The minimum atomic E-state index is 1.11. The van der Waals surface area contributed by atoms with Crippen LogP contribution in [0.4, 0.5) is 0 Å². The molecule has 1 nitrogen and oxygen atoms in total. The molecule has 0 unspecified atom stereocenters. The van der Waals surface area contributed by atoms with Crippen LogP contribution >= 0.6 is 11.8 Å². The van der Waals surface area contributed by atoms with E-state index in [4.69, 9.17) is 0 Å². The van der Waals surface area contributed by atoms with Crippen molar-refractivity contribution in [3.8, 4) is 0 Å². The van der Waals surface area contributed by atoms with E-state index in [1.54, 1.807) is 0 Å². The quantitative estimate of drug-likeness (QED) is 0.672. The number of benzene rings is 1. The first-order valence-corrected chi connectivity index (χ1v) is 5.36. The van der Waals surface area contributed by atoms with E-state index in [1.165, 1.54) is 15.7 Å². The van der Waals surface area contributed by atoms with Gasteiger partial charge in [0.1, 0.15) is 0 Å². The fraction of sp³-hybridized carbons (Fsp3) is 0.182. The lowest BCUT2D eigenvalue weighted by Gasteiger charge is -2.02. The summed E-state index contributed by atoms with van der Waals surface area (Å²) in [6.45, 7) is 2.17. The number of thioether (sulfide) groups is 1. The van der Waals surface area contributed by atoms with E-state index >= 15 is 0 Å². The Bertz CT molecular complexity index is 406. The van der Waals surface area contributed by atoms with E-state index < -0.39 is 0 Å². The molecule has 13 heavy (non-hydrogen) atoms. The van der Waals surface area contributed by atoms with Crippen molar-refractivity contribution in [1.82, 2.24) is 4.98 Å². The van der Waals surface area contributed by atoms with E-state index in [1.807, 2.05) is 24.2 Å². The predicted molar refractivity (Wildman–Crippen MR) is 58.1 cm³/mol. The van der Waals surface area contributed by atoms with Crippen LogP contribution in [0.15, 0.2) is 41.6 Å². The fourth-order valence-corrected chi connectivity index (χ4v) is 2.18. The topological polar surface area (TPSA) is 12.9 Å². The Morgan fingerprint density at radius 2 is 2.23 bits per heavy atom. The first-order chi connectivity index (χ1) is 6.42. The predicted octanol–water partition coefficient (Wildman–Crippen LogP) is 3.35. The van der Waals surface area contributed by atoms with Gasteiger partial charge in [-0.25, -0.2) is 0 Å². The molecule has 66 valence electrons. The number of aromatic nitrogens is 1. The Kier molecular flexibility index (Phi) is 2.50. The largest absolute Gasteiger partial charge is 0.264 e. The molecule has 1 aromatic heterocycles. The fourth-order valence-electron chi connectivity index (χ4n) is 1.37. The van der Waals surface area contributed by atoms with E-state index in [2.05, 4.69) is 36.2 Å². The molecule has 0 amide bonds. The minimum absolute atomic E-state index is 1.11. The highest BCUT2D eigenvalue weighted by Crippen LogP contribution is 2.26. The van der Waals surface area contributed by atoms with Crippen molar-refractivity contribution >= 4 is 22.5 Å². The Labute approximate surface area is 82.2 Å². The van der Waals surface area contributed by atoms with Crippen molar-refractivity contribution in [1.29, 1.82) is 0 Å². The SMILES string of the molecule is CCSc1cccc2ccncc12. The number of nitrogens with zero attached hydrogens (tertiary/aromatic N) is 1. The molecule has 1 heterocycles. The molecule has 0 aliphatic carbocycles. The summed E-state index contributed by atoms with van der Waals surface area (Å²) in [4.78, 5) is 5.47. The Hall–Kier alpha value is -1.02. The summed E-state index contributed by atoms with van der Waals surface area (Å²) in [5, 5.41) is 2.53. The van der Waals surface area contributed by atoms with Crippen molar-refractivity contribution in [3.63, 3.8) is 0 Å². The number of hydrogen-bond acceptors (Lipinski definition) is 2. The van der Waals surface area contributed by atoms with Gasteiger partial charge in [-0.05, 0) is 23.3 Å². The molecule has 2 rings (SSSR count). The van der Waals surface area contributed by atoms with Gasteiger partial charge >= 0.3 is 0 Å². The van der Waals surface area contributed by atoms with Gasteiger partial charge in [0.15, 0.2) is 0 Å². The van der Waals surface area contributed by atoms with Crippen molar-refractivity contribution in [2.45, 2.75) is 11.8 Å². The molecule has 0 saturated carbocycles. The van der Waals surface area contributed by atoms with Gasteiger partial charge in [0, 0.05) is 22.7 Å². The highest BCUT2D eigenvalue weighted by molar-refractivity contribution is 7.99. The first kappa shape index (κ1) is 8.57. The maximum absolute atomic E-state index is 4.14. The molecule has 1 aromatic carbocycles. The standard InChI is InChI=1S/C11H11NS/c1-2-13-11-5-3-4-9-6-7-12-8-10(9)11/h3-8H,2H2,1H3. The molecule has 0 fully saturated rings. The van der Waals surface area contributed by atoms with Gasteiger partial charge in [0.05, 0.1) is 0 Å². The molecule has 0 N–H and O–H groups in total. The van der Waals surface area contributed by atoms with Gasteiger partial charge < -0.3 is 0 Å². The zero-order chi connectivity index (χ0) is 9.10. The smallest absolute Gasteiger partial charge is 0.0357 e. The monoisotopic (exact) mass is 189 g/mol. The van der Waals surface area contributed by atoms with E-state index in [0.717, 1.165) is 5.75 Å². The van der Waals surface area contributed by atoms with Crippen molar-refractivity contribution in [2.75, 3.05) is 5.75 Å². The van der Waals surface area contributed by atoms with Crippen LogP contribution in [0.1, 0.15) is 6.92 Å². The minimum Gasteiger partial charge on any atom is -0.264 e. The van der Waals surface area contributed by atoms with E-state index in [9.17, 15) is 0 Å². The van der Waals surface area contributed by atoms with Crippen LogP contribution in [0.25, 0.3) is 10.8 Å². The molecule has 2 heteroatoms. The van der Waals surface area contributed by atoms with Gasteiger partial charge in [-0.15, -0.1) is 11.8 Å². The van der Waals surface area contributed by atoms with Crippen LogP contribution in [-0.2, 0) is 0 Å². The molecule has 0 aliphatic rings. The zero-order valence-corrected chi connectivity index (χ0v) is 8.34. The third-order valence-corrected chi connectivity index (χ3v) is 2.90. The second-order valence-corrected chi connectivity index (χ2v) is 4.09. The average molecular weight is 189 g/mol. The van der Waals surface area contributed by atoms with Crippen LogP contribution in [0, 0.1) is 0 Å². The number of rotatable bonds is 2. The maximum atomic E-state index is 4.14. The average Bonchev–Trinajstić information content (AvgIpc) is 2.19. The third kappa shape index (κ3) is 1.68. The molecule has 0 radical (unpaired) electrons. The number of fused-ring (bicyclic) bond motifs is 1. The van der Waals surface area contributed by atoms with Crippen LogP contribution in [0.2, 0.25) is 0 Å². The second kappa shape index (κ2) is 3.79. The van der Waals surface area contributed by atoms with Crippen molar-refractivity contribution in [3.05, 3.63) is 36.7 Å². The van der Waals surface area contributed by atoms with Gasteiger partial charge in [-0.1, -0.05) is 19.1 Å². The summed E-state index contributed by atoms with van der Waals surface area (Å²) >= 11 is 1.86. The molecule has 0 atom stereocenters. The van der Waals surface area contributed by atoms with Gasteiger partial charge in [0.2, 0.25) is 0 Å². The van der Waals surface area contributed by atoms with Crippen molar-refractivity contribution in [2.24, 2.45) is 0 Å². The molecule has 0 bridgehead atoms. The first-order valence-electron chi connectivity index (χ1n) is 4.37. The van der Waals surface area contributed by atoms with Gasteiger partial charge in [0.25, 0.3) is 0 Å². The lowest BCUT2D eigenvalue weighted by atomic mass is 10.2. The highest BCUT2D eigenvalue weighted by atomic mass is 32.2. The van der Waals surface area contributed by atoms with Crippen LogP contribution in [0.3, 0.4) is 0 Å². The summed E-state index contributed by atoms with van der Waals surface area (Å²) in [5.74, 6) is 1.11. The van der Waals surface area contributed by atoms with Crippen LogP contribution in [0.5, 0.6) is 0 Å². The lowest BCUT2D eigenvalue weighted by Crippen LogP contribution is -1.79. The van der Waals surface area contributed by atoms with E-state index in [-0.39, 0.29) is 0 Å². The third-order valence-electron chi connectivity index (χ3n) is 1.94. The summed E-state index contributed by atoms with van der Waals surface area (Å²) in [6.07, 6.45) is 3.77. The molecule has 0 saturated heterocycles. The number of pyridine rings is 1. The lowest BCUT2D eigenvalue weighted by molar-refractivity contribution is 1.34. The van der Waals surface area contributed by atoms with E-state index in [0.29, 0.717) is 0 Å². The summed E-state index contributed by atoms with van der Waals surface area (Å²) in [5.41, 5.74) is 0. The highest BCUT2D eigenvalue weighted by Gasteiger charge is 1.98. The number of hydrogen-bond donors (Lipinski definition) is 0.